The summed E-state index contributed by atoms with van der Waals surface area (Å²) in [5, 5.41) is 3.86. The standard InChI is InChI=1S/C19H24F3N3O2/c1-26-13-17-23-18(27-24-17)12-25-9-3-5-15(11-25)8-7-14-4-2-6-16(10-14)19(20,21)22/h2,4,6,10,15H,3,5,7-9,11-13H2,1H3. The number of aryl methyl sites for hydroxylation is 1. The number of nitrogens with zero attached hydrogens (tertiary/aromatic N) is 3. The molecule has 8 heteroatoms. The molecule has 0 aliphatic carbocycles. The number of benzene rings is 1. The van der Waals surface area contributed by atoms with Crippen LogP contribution in [0.15, 0.2) is 28.8 Å². The van der Waals surface area contributed by atoms with Crippen LogP contribution in [0.5, 0.6) is 0 Å². The molecule has 148 valence electrons. The lowest BCUT2D eigenvalue weighted by molar-refractivity contribution is -0.137. The van der Waals surface area contributed by atoms with Crippen molar-refractivity contribution in [3.63, 3.8) is 0 Å². The highest BCUT2D eigenvalue weighted by Gasteiger charge is 2.30. The van der Waals surface area contributed by atoms with Crippen LogP contribution in [0.2, 0.25) is 0 Å². The summed E-state index contributed by atoms with van der Waals surface area (Å²) >= 11 is 0. The van der Waals surface area contributed by atoms with Crippen molar-refractivity contribution in [2.75, 3.05) is 20.2 Å². The molecule has 1 aromatic heterocycles. The summed E-state index contributed by atoms with van der Waals surface area (Å²) in [6.07, 6.45) is -0.610. The maximum atomic E-state index is 12.8. The number of hydrogen-bond donors (Lipinski definition) is 0. The third kappa shape index (κ3) is 5.77. The summed E-state index contributed by atoms with van der Waals surface area (Å²) in [5.74, 6) is 1.56. The minimum atomic E-state index is -4.29. The van der Waals surface area contributed by atoms with Gasteiger partial charge in [-0.25, -0.2) is 0 Å². The Hall–Kier alpha value is -1.93. The molecule has 0 amide bonds. The molecule has 0 N–H and O–H groups in total. The average molecular weight is 383 g/mol. The molecule has 5 nitrogen and oxygen atoms in total. The maximum Gasteiger partial charge on any atom is 0.416 e. The maximum absolute atomic E-state index is 12.8. The van der Waals surface area contributed by atoms with Crippen molar-refractivity contribution in [3.8, 4) is 0 Å². The van der Waals surface area contributed by atoms with Gasteiger partial charge in [0.05, 0.1) is 12.1 Å². The van der Waals surface area contributed by atoms with E-state index in [1.54, 1.807) is 13.2 Å². The predicted octanol–water partition coefficient (Wildman–Crippen LogP) is 4.08. The Kier molecular flexibility index (Phi) is 6.49. The van der Waals surface area contributed by atoms with Gasteiger partial charge in [-0.1, -0.05) is 23.4 Å². The number of ether oxygens (including phenoxy) is 1. The number of methoxy groups -OCH3 is 1. The van der Waals surface area contributed by atoms with Gasteiger partial charge in [-0.2, -0.15) is 18.2 Å². The van der Waals surface area contributed by atoms with Crippen molar-refractivity contribution >= 4 is 0 Å². The number of hydrogen-bond acceptors (Lipinski definition) is 5. The van der Waals surface area contributed by atoms with E-state index in [0.29, 0.717) is 37.2 Å². The van der Waals surface area contributed by atoms with E-state index < -0.39 is 11.7 Å². The Labute approximate surface area is 156 Å². The Bertz CT molecular complexity index is 733. The first-order valence-corrected chi connectivity index (χ1v) is 9.13. The molecule has 27 heavy (non-hydrogen) atoms. The SMILES string of the molecule is COCc1noc(CN2CCCC(CCc3cccc(C(F)(F)F)c3)C2)n1. The van der Waals surface area contributed by atoms with Gasteiger partial charge in [0, 0.05) is 13.7 Å². The summed E-state index contributed by atoms with van der Waals surface area (Å²) in [6, 6.07) is 5.63. The molecule has 1 aromatic carbocycles. The summed E-state index contributed by atoms with van der Waals surface area (Å²) < 4.78 is 48.7. The highest BCUT2D eigenvalue weighted by atomic mass is 19.4. The van der Waals surface area contributed by atoms with Gasteiger partial charge >= 0.3 is 6.18 Å². The second kappa shape index (κ2) is 8.84. The first kappa shape index (κ1) is 19.8. The van der Waals surface area contributed by atoms with Gasteiger partial charge in [-0.3, -0.25) is 4.90 Å². The first-order valence-electron chi connectivity index (χ1n) is 9.13. The molecular formula is C19H24F3N3O2. The third-order valence-corrected chi connectivity index (χ3v) is 4.84. The molecule has 1 aliphatic heterocycles. The van der Waals surface area contributed by atoms with Crippen LogP contribution < -0.4 is 0 Å². The van der Waals surface area contributed by atoms with E-state index in [1.807, 2.05) is 0 Å². The van der Waals surface area contributed by atoms with E-state index in [2.05, 4.69) is 15.0 Å². The van der Waals surface area contributed by atoms with Crippen LogP contribution in [0.25, 0.3) is 0 Å². The highest BCUT2D eigenvalue weighted by Crippen LogP contribution is 2.30. The van der Waals surface area contributed by atoms with Crippen LogP contribution in [-0.4, -0.2) is 35.2 Å². The molecule has 0 saturated carbocycles. The topological polar surface area (TPSA) is 51.4 Å². The van der Waals surface area contributed by atoms with Crippen LogP contribution in [-0.2, 0) is 30.5 Å². The van der Waals surface area contributed by atoms with E-state index in [-0.39, 0.29) is 0 Å². The molecule has 2 aromatic rings. The van der Waals surface area contributed by atoms with Crippen LogP contribution in [0, 0.1) is 5.92 Å². The van der Waals surface area contributed by atoms with Crippen LogP contribution in [0.1, 0.15) is 42.1 Å². The molecule has 1 atom stereocenters. The van der Waals surface area contributed by atoms with Gasteiger partial charge in [0.2, 0.25) is 5.89 Å². The number of aromatic nitrogens is 2. The molecule has 0 spiro atoms. The van der Waals surface area contributed by atoms with E-state index in [1.165, 1.54) is 12.1 Å². The fraction of sp³-hybridized carbons (Fsp3) is 0.579. The first-order chi connectivity index (χ1) is 12.9. The Balaban J connectivity index is 1.51. The van der Waals surface area contributed by atoms with Crippen molar-refractivity contribution < 1.29 is 22.4 Å². The van der Waals surface area contributed by atoms with Crippen molar-refractivity contribution in [2.45, 2.75) is 45.0 Å². The number of piperidine rings is 1. The van der Waals surface area contributed by atoms with Crippen molar-refractivity contribution in [1.29, 1.82) is 0 Å². The lowest BCUT2D eigenvalue weighted by Gasteiger charge is -2.31. The van der Waals surface area contributed by atoms with Gasteiger partial charge in [-0.05, 0) is 49.8 Å². The Morgan fingerprint density at radius 1 is 1.33 bits per heavy atom. The second-order valence-corrected chi connectivity index (χ2v) is 7.02. The van der Waals surface area contributed by atoms with Crippen molar-refractivity contribution in [1.82, 2.24) is 15.0 Å². The number of alkyl halides is 3. The summed E-state index contributed by atoms with van der Waals surface area (Å²) in [4.78, 5) is 6.56. The lowest BCUT2D eigenvalue weighted by Crippen LogP contribution is -2.35. The van der Waals surface area contributed by atoms with Gasteiger partial charge in [0.1, 0.15) is 6.61 Å². The predicted molar refractivity (Wildman–Crippen MR) is 92.8 cm³/mol. The molecule has 1 fully saturated rings. The summed E-state index contributed by atoms with van der Waals surface area (Å²) in [5.41, 5.74) is 0.164. The molecular weight excluding hydrogens is 359 g/mol. The van der Waals surface area contributed by atoms with Crippen LogP contribution in [0.3, 0.4) is 0 Å². The monoisotopic (exact) mass is 383 g/mol. The molecule has 0 radical (unpaired) electrons. The number of halogens is 3. The van der Waals surface area contributed by atoms with Crippen LogP contribution >= 0.6 is 0 Å². The smallest absolute Gasteiger partial charge is 0.377 e. The number of rotatable bonds is 7. The average Bonchev–Trinajstić information content (AvgIpc) is 3.07. The van der Waals surface area contributed by atoms with Crippen molar-refractivity contribution in [3.05, 3.63) is 47.1 Å². The Morgan fingerprint density at radius 2 is 2.19 bits per heavy atom. The van der Waals surface area contributed by atoms with Crippen molar-refractivity contribution in [2.24, 2.45) is 5.92 Å². The van der Waals surface area contributed by atoms with E-state index in [4.69, 9.17) is 9.26 Å². The zero-order chi connectivity index (χ0) is 19.3. The summed E-state index contributed by atoms with van der Waals surface area (Å²) in [7, 11) is 1.58. The zero-order valence-electron chi connectivity index (χ0n) is 15.3. The van der Waals surface area contributed by atoms with Gasteiger partial charge in [-0.15, -0.1) is 0 Å². The van der Waals surface area contributed by atoms with E-state index in [0.717, 1.165) is 44.0 Å². The minimum absolute atomic E-state index is 0.323. The van der Waals surface area contributed by atoms with Crippen LogP contribution in [0.4, 0.5) is 13.2 Å². The molecule has 1 saturated heterocycles. The minimum Gasteiger partial charge on any atom is -0.377 e. The quantitative estimate of drug-likeness (QED) is 0.721. The van der Waals surface area contributed by atoms with E-state index >= 15 is 0 Å². The van der Waals surface area contributed by atoms with Gasteiger partial charge < -0.3 is 9.26 Å². The normalized spacial score (nSPS) is 18.7. The lowest BCUT2D eigenvalue weighted by atomic mass is 9.91. The molecule has 3 rings (SSSR count). The Morgan fingerprint density at radius 3 is 2.96 bits per heavy atom. The summed E-state index contributed by atoms with van der Waals surface area (Å²) in [6.45, 7) is 2.77. The zero-order valence-corrected chi connectivity index (χ0v) is 15.3. The largest absolute Gasteiger partial charge is 0.416 e. The molecule has 1 unspecified atom stereocenters. The third-order valence-electron chi connectivity index (χ3n) is 4.84. The molecule has 2 heterocycles. The van der Waals surface area contributed by atoms with Gasteiger partial charge in [0.15, 0.2) is 5.82 Å². The fourth-order valence-corrected chi connectivity index (χ4v) is 3.54. The fourth-order valence-electron chi connectivity index (χ4n) is 3.54. The van der Waals surface area contributed by atoms with E-state index in [9.17, 15) is 13.2 Å². The highest BCUT2D eigenvalue weighted by molar-refractivity contribution is 5.25. The second-order valence-electron chi connectivity index (χ2n) is 7.02. The van der Waals surface area contributed by atoms with Gasteiger partial charge in [0.25, 0.3) is 0 Å². The number of likely N-dealkylation sites (tertiary alicyclic amines) is 1. The molecule has 1 aliphatic rings. The molecule has 0 bridgehead atoms.